The Bertz CT molecular complexity index is 168. The Morgan fingerprint density at radius 3 is 1.47 bits per heavy atom. The van der Waals surface area contributed by atoms with Gasteiger partial charge in [-0.15, -0.1) is 0 Å². The van der Waals surface area contributed by atoms with Gasteiger partial charge >= 0.3 is 0 Å². The summed E-state index contributed by atoms with van der Waals surface area (Å²) >= 11 is 1.94. The van der Waals surface area contributed by atoms with Crippen LogP contribution in [0.2, 0.25) is 0 Å². The van der Waals surface area contributed by atoms with E-state index in [1.54, 1.807) is 0 Å². The highest BCUT2D eigenvalue weighted by Gasteiger charge is 2.30. The van der Waals surface area contributed by atoms with Gasteiger partial charge in [-0.1, -0.05) is 41.5 Å². The molecule has 0 fully saturated rings. The molecular weight excluding hydrogens is 202 g/mol. The molecule has 0 saturated carbocycles. The van der Waals surface area contributed by atoms with E-state index in [9.17, 15) is 0 Å². The standard InChI is InChI=1S/C13H29NS/c1-8(2)10(5)12(14)13(15-7)11(6)9(3)4/h8-13H,14H2,1-7H3. The minimum Gasteiger partial charge on any atom is -0.326 e. The lowest BCUT2D eigenvalue weighted by atomic mass is 9.82. The SMILES string of the molecule is CSC(C(C)C(C)C)C(N)C(C)C(C)C. The van der Waals surface area contributed by atoms with E-state index in [2.05, 4.69) is 47.8 Å². The highest BCUT2D eigenvalue weighted by molar-refractivity contribution is 7.99. The summed E-state index contributed by atoms with van der Waals surface area (Å²) in [5.74, 6) is 2.68. The fraction of sp³-hybridized carbons (Fsp3) is 1.00. The summed E-state index contributed by atoms with van der Waals surface area (Å²) in [6.07, 6.45) is 2.19. The Morgan fingerprint density at radius 2 is 1.20 bits per heavy atom. The van der Waals surface area contributed by atoms with E-state index in [0.29, 0.717) is 35.0 Å². The molecule has 0 aromatic carbocycles. The molecule has 0 aliphatic heterocycles. The van der Waals surface area contributed by atoms with Crippen molar-refractivity contribution in [3.05, 3.63) is 0 Å². The molecule has 0 radical (unpaired) electrons. The second-order valence-electron chi connectivity index (χ2n) is 5.48. The Kier molecular flexibility index (Phi) is 6.94. The van der Waals surface area contributed by atoms with Gasteiger partial charge < -0.3 is 5.73 Å². The molecule has 4 atom stereocenters. The molecule has 0 amide bonds. The third-order valence-corrected chi connectivity index (χ3v) is 5.17. The van der Waals surface area contributed by atoms with Crippen LogP contribution in [0.4, 0.5) is 0 Å². The zero-order valence-electron chi connectivity index (χ0n) is 11.4. The van der Waals surface area contributed by atoms with Gasteiger partial charge in [-0.2, -0.15) is 11.8 Å². The maximum atomic E-state index is 6.39. The second kappa shape index (κ2) is 6.80. The Hall–Kier alpha value is 0.310. The van der Waals surface area contributed by atoms with Crippen molar-refractivity contribution in [3.8, 4) is 0 Å². The van der Waals surface area contributed by atoms with Gasteiger partial charge in [0.05, 0.1) is 0 Å². The average Bonchev–Trinajstić information content (AvgIpc) is 2.16. The van der Waals surface area contributed by atoms with Gasteiger partial charge in [0, 0.05) is 11.3 Å². The minimum absolute atomic E-state index is 0.317. The van der Waals surface area contributed by atoms with Crippen LogP contribution in [0.1, 0.15) is 41.5 Å². The van der Waals surface area contributed by atoms with Crippen LogP contribution in [-0.2, 0) is 0 Å². The molecule has 1 nitrogen and oxygen atoms in total. The Labute approximate surface area is 101 Å². The molecule has 92 valence electrons. The van der Waals surface area contributed by atoms with E-state index in [0.717, 1.165) is 0 Å². The summed E-state index contributed by atoms with van der Waals surface area (Å²) in [6, 6.07) is 0.317. The first-order chi connectivity index (χ1) is 6.82. The molecule has 0 heterocycles. The second-order valence-corrected chi connectivity index (χ2v) is 6.50. The largest absolute Gasteiger partial charge is 0.326 e. The summed E-state index contributed by atoms with van der Waals surface area (Å²) in [6.45, 7) is 13.7. The Balaban J connectivity index is 4.52. The van der Waals surface area contributed by atoms with E-state index in [-0.39, 0.29) is 0 Å². The van der Waals surface area contributed by atoms with Crippen LogP contribution in [0.3, 0.4) is 0 Å². The predicted molar refractivity (Wildman–Crippen MR) is 73.3 cm³/mol. The predicted octanol–water partition coefficient (Wildman–Crippen LogP) is 3.63. The molecule has 0 aromatic heterocycles. The maximum absolute atomic E-state index is 6.39. The van der Waals surface area contributed by atoms with Crippen molar-refractivity contribution in [2.45, 2.75) is 52.8 Å². The molecule has 15 heavy (non-hydrogen) atoms. The lowest BCUT2D eigenvalue weighted by Gasteiger charge is -2.35. The van der Waals surface area contributed by atoms with Crippen molar-refractivity contribution in [2.24, 2.45) is 29.4 Å². The fourth-order valence-corrected chi connectivity index (χ4v) is 3.15. The van der Waals surface area contributed by atoms with Gasteiger partial charge in [0.1, 0.15) is 0 Å². The molecule has 2 N–H and O–H groups in total. The lowest BCUT2D eigenvalue weighted by Crippen LogP contribution is -2.44. The summed E-state index contributed by atoms with van der Waals surface area (Å²) < 4.78 is 0. The van der Waals surface area contributed by atoms with Crippen LogP contribution in [0, 0.1) is 23.7 Å². The highest BCUT2D eigenvalue weighted by Crippen LogP contribution is 2.30. The first-order valence-electron chi connectivity index (χ1n) is 6.11. The van der Waals surface area contributed by atoms with Gasteiger partial charge in [0.15, 0.2) is 0 Å². The monoisotopic (exact) mass is 231 g/mol. The molecule has 0 saturated heterocycles. The van der Waals surface area contributed by atoms with E-state index < -0.39 is 0 Å². The van der Waals surface area contributed by atoms with Gasteiger partial charge in [0.2, 0.25) is 0 Å². The normalized spacial score (nSPS) is 20.4. The fourth-order valence-electron chi connectivity index (χ4n) is 1.85. The van der Waals surface area contributed by atoms with Crippen LogP contribution < -0.4 is 5.73 Å². The van der Waals surface area contributed by atoms with E-state index >= 15 is 0 Å². The van der Waals surface area contributed by atoms with Crippen molar-refractivity contribution in [2.75, 3.05) is 6.26 Å². The van der Waals surface area contributed by atoms with Gasteiger partial charge in [-0.25, -0.2) is 0 Å². The minimum atomic E-state index is 0.317. The molecular formula is C13H29NS. The lowest BCUT2D eigenvalue weighted by molar-refractivity contribution is 0.283. The quantitative estimate of drug-likeness (QED) is 0.755. The third kappa shape index (κ3) is 4.36. The molecule has 0 aliphatic carbocycles. The van der Waals surface area contributed by atoms with E-state index in [4.69, 9.17) is 5.73 Å². The molecule has 0 aliphatic rings. The third-order valence-electron chi connectivity index (χ3n) is 3.88. The molecule has 2 heteroatoms. The molecule has 0 spiro atoms. The summed E-state index contributed by atoms with van der Waals surface area (Å²) in [5, 5.41) is 0.586. The smallest absolute Gasteiger partial charge is 0.0226 e. The van der Waals surface area contributed by atoms with Crippen molar-refractivity contribution < 1.29 is 0 Å². The van der Waals surface area contributed by atoms with Crippen molar-refractivity contribution in [3.63, 3.8) is 0 Å². The van der Waals surface area contributed by atoms with Crippen LogP contribution >= 0.6 is 11.8 Å². The molecule has 4 unspecified atom stereocenters. The maximum Gasteiger partial charge on any atom is 0.0226 e. The number of thioether (sulfide) groups is 1. The van der Waals surface area contributed by atoms with Gasteiger partial charge in [0.25, 0.3) is 0 Å². The van der Waals surface area contributed by atoms with Crippen molar-refractivity contribution in [1.82, 2.24) is 0 Å². The Morgan fingerprint density at radius 1 is 0.800 bits per heavy atom. The van der Waals surface area contributed by atoms with Crippen molar-refractivity contribution >= 4 is 11.8 Å². The van der Waals surface area contributed by atoms with Crippen LogP contribution in [0.25, 0.3) is 0 Å². The van der Waals surface area contributed by atoms with E-state index in [1.807, 2.05) is 11.8 Å². The number of hydrogen-bond donors (Lipinski definition) is 1. The zero-order valence-corrected chi connectivity index (χ0v) is 12.3. The number of rotatable bonds is 6. The van der Waals surface area contributed by atoms with Crippen LogP contribution in [0.15, 0.2) is 0 Å². The van der Waals surface area contributed by atoms with Gasteiger partial charge in [-0.3, -0.25) is 0 Å². The van der Waals surface area contributed by atoms with Crippen LogP contribution in [-0.4, -0.2) is 17.5 Å². The topological polar surface area (TPSA) is 26.0 Å². The molecule has 0 aromatic rings. The van der Waals surface area contributed by atoms with E-state index in [1.165, 1.54) is 0 Å². The zero-order chi connectivity index (χ0) is 12.2. The summed E-state index contributed by atoms with van der Waals surface area (Å²) in [5.41, 5.74) is 6.39. The molecule has 0 rings (SSSR count). The van der Waals surface area contributed by atoms with Gasteiger partial charge in [-0.05, 0) is 29.9 Å². The number of hydrogen-bond acceptors (Lipinski definition) is 2. The average molecular weight is 231 g/mol. The highest BCUT2D eigenvalue weighted by atomic mass is 32.2. The number of nitrogens with two attached hydrogens (primary N) is 1. The van der Waals surface area contributed by atoms with Crippen LogP contribution in [0.5, 0.6) is 0 Å². The summed E-state index contributed by atoms with van der Waals surface area (Å²) in [4.78, 5) is 0. The first-order valence-corrected chi connectivity index (χ1v) is 7.40. The first kappa shape index (κ1) is 15.3. The van der Waals surface area contributed by atoms with Crippen molar-refractivity contribution in [1.29, 1.82) is 0 Å². The molecule has 0 bridgehead atoms. The summed E-state index contributed by atoms with van der Waals surface area (Å²) in [7, 11) is 0.